The minimum atomic E-state index is 1.10. The third-order valence-corrected chi connectivity index (χ3v) is 13.2. The van der Waals surface area contributed by atoms with Crippen LogP contribution in [0.4, 0.5) is 17.1 Å². The van der Waals surface area contributed by atoms with E-state index in [1.165, 1.54) is 86.9 Å². The maximum atomic E-state index is 2.34. The minimum Gasteiger partial charge on any atom is -0.311 e. The van der Waals surface area contributed by atoms with Crippen molar-refractivity contribution in [2.75, 3.05) is 4.90 Å². The maximum absolute atomic E-state index is 2.34. The van der Waals surface area contributed by atoms with E-state index in [9.17, 15) is 0 Å². The summed E-state index contributed by atoms with van der Waals surface area (Å²) in [7, 11) is 0. The third-order valence-electron chi connectivity index (χ3n) is 11.9. The molecular formula is C60H41NS. The van der Waals surface area contributed by atoms with Crippen LogP contribution in [0.3, 0.4) is 0 Å². The molecule has 1 nitrogen and oxygen atoms in total. The number of thiophene rings is 1. The molecule has 0 saturated heterocycles. The van der Waals surface area contributed by atoms with Crippen molar-refractivity contribution in [3.05, 3.63) is 249 Å². The second-order valence-corrected chi connectivity index (χ2v) is 16.7. The Labute approximate surface area is 367 Å². The molecule has 1 aromatic heterocycles. The van der Waals surface area contributed by atoms with E-state index >= 15 is 0 Å². The molecule has 292 valence electrons. The standard InChI is InChI=1S/C60H41NS/c1-4-13-42(14-5-1)44-29-35-52(36-30-44)61(53-37-31-45(32-38-53)43-15-6-2-7-16-43)54-39-33-47(34-40-54)51-20-10-19-50(41-51)46-25-27-49(28-26-46)56-22-12-24-58-57-23-11-21-55(59(57)62-60(56)58)48-17-8-3-9-18-48/h1-41H. The van der Waals surface area contributed by atoms with E-state index in [0.717, 1.165) is 17.1 Å². The van der Waals surface area contributed by atoms with Crippen molar-refractivity contribution >= 4 is 48.6 Å². The molecule has 0 aliphatic carbocycles. The Bertz CT molecular complexity index is 3200. The van der Waals surface area contributed by atoms with E-state index in [0.29, 0.717) is 0 Å². The number of hydrogen-bond donors (Lipinski definition) is 0. The summed E-state index contributed by atoms with van der Waals surface area (Å²) < 4.78 is 2.67. The van der Waals surface area contributed by atoms with Gasteiger partial charge in [0.15, 0.2) is 0 Å². The molecule has 0 unspecified atom stereocenters. The zero-order valence-electron chi connectivity index (χ0n) is 34.0. The fourth-order valence-corrected chi connectivity index (χ4v) is 10.1. The van der Waals surface area contributed by atoms with Gasteiger partial charge in [0, 0.05) is 37.2 Å². The molecule has 11 rings (SSSR count). The molecule has 0 bridgehead atoms. The van der Waals surface area contributed by atoms with Gasteiger partial charge in [-0.05, 0) is 109 Å². The average Bonchev–Trinajstić information content (AvgIpc) is 3.75. The Kier molecular flexibility index (Phi) is 9.82. The Balaban J connectivity index is 0.886. The van der Waals surface area contributed by atoms with E-state index in [1.807, 2.05) is 11.3 Å². The van der Waals surface area contributed by atoms with Gasteiger partial charge in [-0.3, -0.25) is 0 Å². The second kappa shape index (κ2) is 16.3. The number of rotatable bonds is 9. The summed E-state index contributed by atoms with van der Waals surface area (Å²) in [5, 5.41) is 2.63. The first kappa shape index (κ1) is 37.2. The summed E-state index contributed by atoms with van der Waals surface area (Å²) in [5.74, 6) is 0. The number of anilines is 3. The molecule has 1 heterocycles. The lowest BCUT2D eigenvalue weighted by Crippen LogP contribution is -2.09. The highest BCUT2D eigenvalue weighted by molar-refractivity contribution is 7.26. The van der Waals surface area contributed by atoms with Crippen LogP contribution in [-0.2, 0) is 0 Å². The molecule has 0 radical (unpaired) electrons. The smallest absolute Gasteiger partial charge is 0.0462 e. The summed E-state index contributed by atoms with van der Waals surface area (Å²) >= 11 is 1.90. The van der Waals surface area contributed by atoms with Crippen LogP contribution in [0.25, 0.3) is 86.9 Å². The van der Waals surface area contributed by atoms with Crippen LogP contribution in [0.2, 0.25) is 0 Å². The van der Waals surface area contributed by atoms with Crippen LogP contribution in [0.15, 0.2) is 249 Å². The minimum absolute atomic E-state index is 1.10. The van der Waals surface area contributed by atoms with Crippen LogP contribution < -0.4 is 4.90 Å². The first-order valence-corrected chi connectivity index (χ1v) is 22.0. The second-order valence-electron chi connectivity index (χ2n) is 15.7. The lowest BCUT2D eigenvalue weighted by Gasteiger charge is -2.26. The Morgan fingerprint density at radius 3 is 0.935 bits per heavy atom. The summed E-state index contributed by atoms with van der Waals surface area (Å²) in [5.41, 5.74) is 18.0. The first-order valence-electron chi connectivity index (χ1n) is 21.2. The van der Waals surface area contributed by atoms with Gasteiger partial charge in [-0.2, -0.15) is 0 Å². The molecule has 0 fully saturated rings. The van der Waals surface area contributed by atoms with Crippen molar-refractivity contribution < 1.29 is 0 Å². The molecule has 0 aliphatic heterocycles. The van der Waals surface area contributed by atoms with E-state index in [4.69, 9.17) is 0 Å². The highest BCUT2D eigenvalue weighted by Crippen LogP contribution is 2.44. The normalized spacial score (nSPS) is 11.2. The van der Waals surface area contributed by atoms with Crippen molar-refractivity contribution in [3.8, 4) is 66.8 Å². The highest BCUT2D eigenvalue weighted by Gasteiger charge is 2.16. The molecule has 0 aliphatic rings. The summed E-state index contributed by atoms with van der Waals surface area (Å²) in [6, 6.07) is 90.0. The summed E-state index contributed by atoms with van der Waals surface area (Å²) in [6.45, 7) is 0. The molecule has 0 spiro atoms. The van der Waals surface area contributed by atoms with Crippen molar-refractivity contribution in [1.29, 1.82) is 0 Å². The maximum Gasteiger partial charge on any atom is 0.0462 e. The molecule has 10 aromatic carbocycles. The first-order chi connectivity index (χ1) is 30.7. The summed E-state index contributed by atoms with van der Waals surface area (Å²) in [6.07, 6.45) is 0. The van der Waals surface area contributed by atoms with E-state index in [-0.39, 0.29) is 0 Å². The molecular weight excluding hydrogens is 767 g/mol. The van der Waals surface area contributed by atoms with E-state index < -0.39 is 0 Å². The Hall–Kier alpha value is -7.78. The largest absolute Gasteiger partial charge is 0.311 e. The van der Waals surface area contributed by atoms with Gasteiger partial charge in [0.2, 0.25) is 0 Å². The molecule has 62 heavy (non-hydrogen) atoms. The lowest BCUT2D eigenvalue weighted by atomic mass is 9.96. The zero-order valence-corrected chi connectivity index (χ0v) is 34.8. The van der Waals surface area contributed by atoms with Crippen LogP contribution in [-0.4, -0.2) is 0 Å². The zero-order chi connectivity index (χ0) is 41.2. The molecule has 0 N–H and O–H groups in total. The number of benzene rings is 10. The molecule has 11 aromatic rings. The monoisotopic (exact) mass is 807 g/mol. The third kappa shape index (κ3) is 7.17. The van der Waals surface area contributed by atoms with Gasteiger partial charge in [0.25, 0.3) is 0 Å². The Morgan fingerprint density at radius 1 is 0.226 bits per heavy atom. The highest BCUT2D eigenvalue weighted by atomic mass is 32.1. The predicted molar refractivity (Wildman–Crippen MR) is 267 cm³/mol. The number of hydrogen-bond acceptors (Lipinski definition) is 2. The topological polar surface area (TPSA) is 3.24 Å². The molecule has 0 saturated carbocycles. The fourth-order valence-electron chi connectivity index (χ4n) is 8.73. The fraction of sp³-hybridized carbons (Fsp3) is 0. The van der Waals surface area contributed by atoms with Gasteiger partial charge in [-0.15, -0.1) is 11.3 Å². The quantitative estimate of drug-likeness (QED) is 0.140. The number of nitrogens with zero attached hydrogens (tertiary/aromatic N) is 1. The van der Waals surface area contributed by atoms with E-state index in [2.05, 4.69) is 254 Å². The Morgan fingerprint density at radius 2 is 0.516 bits per heavy atom. The van der Waals surface area contributed by atoms with Gasteiger partial charge >= 0.3 is 0 Å². The SMILES string of the molecule is c1ccc(-c2ccc(N(c3ccc(-c4ccccc4)cc3)c3ccc(-c4cccc(-c5ccc(-c6cccc7c6sc6c(-c8ccccc8)cccc67)cc5)c4)cc3)cc2)cc1. The number of fused-ring (bicyclic) bond motifs is 3. The van der Waals surface area contributed by atoms with E-state index in [1.54, 1.807) is 0 Å². The molecule has 0 atom stereocenters. The van der Waals surface area contributed by atoms with Crippen molar-refractivity contribution in [1.82, 2.24) is 0 Å². The summed E-state index contributed by atoms with van der Waals surface area (Å²) in [4.78, 5) is 2.34. The predicted octanol–water partition coefficient (Wildman–Crippen LogP) is 17.5. The van der Waals surface area contributed by atoms with Gasteiger partial charge in [0.05, 0.1) is 0 Å². The molecule has 0 amide bonds. The lowest BCUT2D eigenvalue weighted by molar-refractivity contribution is 1.28. The van der Waals surface area contributed by atoms with Crippen molar-refractivity contribution in [2.45, 2.75) is 0 Å². The van der Waals surface area contributed by atoms with Crippen LogP contribution in [0.1, 0.15) is 0 Å². The van der Waals surface area contributed by atoms with Gasteiger partial charge in [-0.25, -0.2) is 0 Å². The van der Waals surface area contributed by atoms with Crippen molar-refractivity contribution in [3.63, 3.8) is 0 Å². The van der Waals surface area contributed by atoms with Crippen LogP contribution in [0.5, 0.6) is 0 Å². The van der Waals surface area contributed by atoms with Gasteiger partial charge in [0.1, 0.15) is 0 Å². The van der Waals surface area contributed by atoms with Crippen molar-refractivity contribution in [2.24, 2.45) is 0 Å². The molecule has 2 heteroatoms. The van der Waals surface area contributed by atoms with Gasteiger partial charge in [-0.1, -0.05) is 206 Å². The van der Waals surface area contributed by atoms with Crippen LogP contribution in [0, 0.1) is 0 Å². The van der Waals surface area contributed by atoms with Crippen LogP contribution >= 0.6 is 11.3 Å². The average molecular weight is 808 g/mol. The van der Waals surface area contributed by atoms with Gasteiger partial charge < -0.3 is 4.90 Å².